The van der Waals surface area contributed by atoms with E-state index in [2.05, 4.69) is 26.2 Å². The molecule has 4 heteroatoms. The number of carbonyl (C=O) groups excluding carboxylic acids is 1. The Morgan fingerprint density at radius 3 is 2.68 bits per heavy atom. The lowest BCUT2D eigenvalue weighted by molar-refractivity contribution is -0.123. The minimum atomic E-state index is 0.135. The first-order valence-electron chi connectivity index (χ1n) is 8.36. The highest BCUT2D eigenvalue weighted by Crippen LogP contribution is 2.65. The second-order valence-electron chi connectivity index (χ2n) is 8.00. The van der Waals surface area contributed by atoms with Gasteiger partial charge in [-0.3, -0.25) is 4.79 Å². The average Bonchev–Trinajstić information content (AvgIpc) is 2.34. The molecule has 1 amide bonds. The smallest absolute Gasteiger partial charge is 0.226 e. The van der Waals surface area contributed by atoms with Gasteiger partial charge in [0.2, 0.25) is 5.91 Å². The monoisotopic (exact) mass is 362 g/mol. The first-order valence-corrected chi connectivity index (χ1v) is 9.16. The van der Waals surface area contributed by atoms with Gasteiger partial charge in [-0.2, -0.15) is 0 Å². The molecule has 1 heterocycles. The number of pyridine rings is 1. The number of carbonyl (C=O) groups is 1. The number of aromatic nitrogens is 1. The van der Waals surface area contributed by atoms with Crippen molar-refractivity contribution in [1.82, 2.24) is 4.98 Å². The molecule has 4 aliphatic carbocycles. The molecule has 1 aromatic rings. The molecule has 2 unspecified atom stereocenters. The third-order valence-electron chi connectivity index (χ3n) is 5.80. The fraction of sp³-hybridized carbons (Fsp3) is 0.667. The van der Waals surface area contributed by atoms with Gasteiger partial charge in [0.15, 0.2) is 0 Å². The highest BCUT2D eigenvalue weighted by atomic mass is 79.9. The summed E-state index contributed by atoms with van der Waals surface area (Å²) in [5.41, 5.74) is 1.16. The average molecular weight is 363 g/mol. The Hall–Kier alpha value is -0.900. The molecule has 118 valence electrons. The number of rotatable bonds is 3. The van der Waals surface area contributed by atoms with Gasteiger partial charge in [0, 0.05) is 16.4 Å². The van der Waals surface area contributed by atoms with Crippen LogP contribution in [0.15, 0.2) is 18.2 Å². The molecule has 4 saturated carbocycles. The van der Waals surface area contributed by atoms with Gasteiger partial charge < -0.3 is 5.32 Å². The molecule has 0 saturated heterocycles. The number of halogens is 1. The molecule has 3 nitrogen and oxygen atoms in total. The lowest BCUT2D eigenvalue weighted by Crippen LogP contribution is -2.53. The van der Waals surface area contributed by atoms with Crippen LogP contribution >= 0.6 is 15.9 Å². The van der Waals surface area contributed by atoms with Crippen LogP contribution in [0.2, 0.25) is 0 Å². The molecule has 22 heavy (non-hydrogen) atoms. The van der Waals surface area contributed by atoms with Crippen LogP contribution < -0.4 is 5.32 Å². The lowest BCUT2D eigenvalue weighted by atomic mass is 9.48. The maximum atomic E-state index is 12.5. The van der Waals surface area contributed by atoms with Crippen molar-refractivity contribution in [3.63, 3.8) is 0 Å². The number of nitrogens with one attached hydrogen (secondary N) is 1. The van der Waals surface area contributed by atoms with Crippen molar-refractivity contribution in [3.05, 3.63) is 23.9 Å². The summed E-state index contributed by atoms with van der Waals surface area (Å²) in [5, 5.41) is 3.00. The molecule has 0 aromatic carbocycles. The Balaban J connectivity index is 1.47. The van der Waals surface area contributed by atoms with Gasteiger partial charge in [-0.25, -0.2) is 4.98 Å². The lowest BCUT2D eigenvalue weighted by Gasteiger charge is -2.60. The molecule has 2 atom stereocenters. The van der Waals surface area contributed by atoms with Gasteiger partial charge in [0.25, 0.3) is 0 Å². The number of alkyl halides is 1. The summed E-state index contributed by atoms with van der Waals surface area (Å²) in [6, 6.07) is 5.76. The van der Waals surface area contributed by atoms with Crippen molar-refractivity contribution in [2.24, 2.45) is 17.3 Å². The summed E-state index contributed by atoms with van der Waals surface area (Å²) in [5.74, 6) is 2.47. The van der Waals surface area contributed by atoms with Crippen LogP contribution in [0, 0.1) is 24.2 Å². The van der Waals surface area contributed by atoms with Gasteiger partial charge in [0.1, 0.15) is 5.82 Å². The molecule has 0 spiro atoms. The fourth-order valence-corrected chi connectivity index (χ4v) is 7.19. The maximum absolute atomic E-state index is 12.5. The summed E-state index contributed by atoms with van der Waals surface area (Å²) >= 11 is 4.01. The van der Waals surface area contributed by atoms with E-state index in [0.717, 1.165) is 17.5 Å². The summed E-state index contributed by atoms with van der Waals surface area (Å²) in [6.45, 7) is 1.95. The zero-order valence-corrected chi connectivity index (χ0v) is 14.7. The van der Waals surface area contributed by atoms with E-state index in [1.807, 2.05) is 25.1 Å². The molecule has 5 rings (SSSR count). The van der Waals surface area contributed by atoms with Crippen molar-refractivity contribution < 1.29 is 4.79 Å². The number of amides is 1. The molecule has 0 radical (unpaired) electrons. The molecule has 4 fully saturated rings. The van der Waals surface area contributed by atoms with E-state index < -0.39 is 0 Å². The Kier molecular flexibility index (Phi) is 3.37. The van der Waals surface area contributed by atoms with Crippen LogP contribution in [-0.4, -0.2) is 15.2 Å². The minimum Gasteiger partial charge on any atom is -0.311 e. The highest BCUT2D eigenvalue weighted by molar-refractivity contribution is 9.10. The Labute approximate surface area is 140 Å². The quantitative estimate of drug-likeness (QED) is 0.806. The van der Waals surface area contributed by atoms with Crippen LogP contribution in [0.25, 0.3) is 0 Å². The van der Waals surface area contributed by atoms with E-state index in [0.29, 0.717) is 16.6 Å². The normalized spacial score (nSPS) is 39.0. The van der Waals surface area contributed by atoms with Crippen molar-refractivity contribution in [1.29, 1.82) is 0 Å². The second kappa shape index (κ2) is 5.05. The zero-order valence-electron chi connectivity index (χ0n) is 13.1. The van der Waals surface area contributed by atoms with Crippen LogP contribution in [0.4, 0.5) is 5.82 Å². The molecule has 4 aliphatic rings. The first-order chi connectivity index (χ1) is 10.4. The van der Waals surface area contributed by atoms with Gasteiger partial charge >= 0.3 is 0 Å². The number of aryl methyl sites for hydroxylation is 1. The predicted molar refractivity (Wildman–Crippen MR) is 91.0 cm³/mol. The summed E-state index contributed by atoms with van der Waals surface area (Å²) in [4.78, 5) is 16.9. The zero-order chi connectivity index (χ0) is 15.4. The van der Waals surface area contributed by atoms with Crippen LogP contribution in [-0.2, 0) is 4.79 Å². The van der Waals surface area contributed by atoms with Crippen molar-refractivity contribution in [2.45, 2.75) is 56.2 Å². The maximum Gasteiger partial charge on any atom is 0.226 e. The topological polar surface area (TPSA) is 42.0 Å². The van der Waals surface area contributed by atoms with E-state index in [1.54, 1.807) is 0 Å². The molecular formula is C18H23BrN2O. The number of nitrogens with zero attached hydrogens (tertiary/aromatic N) is 1. The van der Waals surface area contributed by atoms with Crippen LogP contribution in [0.3, 0.4) is 0 Å². The number of hydrogen-bond donors (Lipinski definition) is 1. The Bertz CT molecular complexity index is 601. The minimum absolute atomic E-state index is 0.135. The predicted octanol–water partition coefficient (Wildman–Crippen LogP) is 4.45. The van der Waals surface area contributed by atoms with Crippen molar-refractivity contribution in [2.75, 3.05) is 5.32 Å². The van der Waals surface area contributed by atoms with Gasteiger partial charge in [-0.05, 0) is 74.8 Å². The van der Waals surface area contributed by atoms with Gasteiger partial charge in [0.05, 0.1) is 0 Å². The van der Waals surface area contributed by atoms with E-state index in [1.165, 1.54) is 38.5 Å². The molecule has 1 N–H and O–H groups in total. The summed E-state index contributed by atoms with van der Waals surface area (Å²) < 4.78 is 0.318. The molecule has 4 bridgehead atoms. The van der Waals surface area contributed by atoms with E-state index in [9.17, 15) is 4.79 Å². The van der Waals surface area contributed by atoms with Gasteiger partial charge in [-0.15, -0.1) is 0 Å². The Morgan fingerprint density at radius 1 is 1.32 bits per heavy atom. The fourth-order valence-electron chi connectivity index (χ4n) is 5.68. The standard InChI is InChI=1S/C18H23BrN2O/c1-12-3-2-4-15(20-12)21-16(22)10-17-6-13-5-14(7-17)9-18(19,8-13)11-17/h2-4,13-14H,5-11H2,1H3,(H,20,21,22). The third-order valence-corrected chi connectivity index (χ3v) is 6.73. The van der Waals surface area contributed by atoms with E-state index >= 15 is 0 Å². The summed E-state index contributed by atoms with van der Waals surface area (Å²) in [7, 11) is 0. The second-order valence-corrected chi connectivity index (χ2v) is 9.68. The number of hydrogen-bond acceptors (Lipinski definition) is 2. The van der Waals surface area contributed by atoms with Gasteiger partial charge in [-0.1, -0.05) is 22.0 Å². The van der Waals surface area contributed by atoms with Crippen LogP contribution in [0.1, 0.15) is 50.6 Å². The number of anilines is 1. The van der Waals surface area contributed by atoms with E-state index in [4.69, 9.17) is 0 Å². The molecule has 1 aromatic heterocycles. The third kappa shape index (κ3) is 2.70. The first kappa shape index (κ1) is 14.7. The Morgan fingerprint density at radius 2 is 2.05 bits per heavy atom. The summed E-state index contributed by atoms with van der Waals surface area (Å²) in [6.07, 6.45) is 8.32. The molecular weight excluding hydrogens is 340 g/mol. The molecule has 0 aliphatic heterocycles. The highest BCUT2D eigenvalue weighted by Gasteiger charge is 2.57. The van der Waals surface area contributed by atoms with Crippen molar-refractivity contribution >= 4 is 27.7 Å². The SMILES string of the molecule is Cc1cccc(NC(=O)CC23CC4CC(CC(Br)(C4)C2)C3)n1. The van der Waals surface area contributed by atoms with Crippen molar-refractivity contribution in [3.8, 4) is 0 Å². The van der Waals surface area contributed by atoms with Crippen LogP contribution in [0.5, 0.6) is 0 Å². The van der Waals surface area contributed by atoms with E-state index in [-0.39, 0.29) is 11.3 Å². The largest absolute Gasteiger partial charge is 0.311 e.